The molecule has 1 aliphatic heterocycles. The van der Waals surface area contributed by atoms with E-state index in [-0.39, 0.29) is 30.6 Å². The van der Waals surface area contributed by atoms with Gasteiger partial charge >= 0.3 is 0 Å². The van der Waals surface area contributed by atoms with E-state index < -0.39 is 0 Å². The number of methoxy groups -OCH3 is 1. The molecule has 0 bridgehead atoms. The maximum absolute atomic E-state index is 10.0. The SMILES string of the molecule is COc1cc([C@@H](CCC(C)C)N2CCNCC2)cc(Br)c1O.Cl.Cl. The molecule has 1 saturated heterocycles. The number of hydrogen-bond donors (Lipinski definition) is 2. The van der Waals surface area contributed by atoms with Crippen molar-refractivity contribution in [3.63, 3.8) is 0 Å². The largest absolute Gasteiger partial charge is 0.503 e. The molecule has 0 radical (unpaired) electrons. The summed E-state index contributed by atoms with van der Waals surface area (Å²) in [5.41, 5.74) is 1.21. The van der Waals surface area contributed by atoms with E-state index in [2.05, 4.69) is 40.0 Å². The molecule has 7 heteroatoms. The molecule has 0 amide bonds. The van der Waals surface area contributed by atoms with Crippen LogP contribution in [0.2, 0.25) is 0 Å². The molecule has 1 heterocycles. The van der Waals surface area contributed by atoms with Crippen molar-refractivity contribution in [3.8, 4) is 11.5 Å². The van der Waals surface area contributed by atoms with E-state index in [1.807, 2.05) is 12.1 Å². The Hall–Kier alpha value is -0.200. The highest BCUT2D eigenvalue weighted by Gasteiger charge is 2.24. The van der Waals surface area contributed by atoms with Crippen LogP contribution in [0.1, 0.15) is 38.3 Å². The lowest BCUT2D eigenvalue weighted by atomic mass is 9.95. The molecular weight excluding hydrogens is 415 g/mol. The van der Waals surface area contributed by atoms with Crippen molar-refractivity contribution < 1.29 is 9.84 Å². The third kappa shape index (κ3) is 6.26. The van der Waals surface area contributed by atoms with E-state index in [4.69, 9.17) is 4.74 Å². The Morgan fingerprint density at radius 2 is 1.83 bits per heavy atom. The predicted octanol–water partition coefficient (Wildman–Crippen LogP) is 4.39. The number of nitrogens with one attached hydrogen (secondary N) is 1. The van der Waals surface area contributed by atoms with Gasteiger partial charge < -0.3 is 15.2 Å². The molecule has 4 nitrogen and oxygen atoms in total. The molecule has 0 aromatic heterocycles. The smallest absolute Gasteiger partial charge is 0.172 e. The van der Waals surface area contributed by atoms with Gasteiger partial charge in [-0.2, -0.15) is 0 Å². The first-order chi connectivity index (χ1) is 10.5. The zero-order chi connectivity index (χ0) is 16.1. The van der Waals surface area contributed by atoms with E-state index in [1.54, 1.807) is 7.11 Å². The minimum atomic E-state index is 0. The van der Waals surface area contributed by atoms with Gasteiger partial charge in [0.25, 0.3) is 0 Å². The molecule has 1 aromatic carbocycles. The Morgan fingerprint density at radius 3 is 2.38 bits per heavy atom. The number of hydrogen-bond acceptors (Lipinski definition) is 4. The molecule has 140 valence electrons. The van der Waals surface area contributed by atoms with Gasteiger partial charge in [0.05, 0.1) is 11.6 Å². The van der Waals surface area contributed by atoms with Gasteiger partial charge in [0.15, 0.2) is 11.5 Å². The van der Waals surface area contributed by atoms with Crippen molar-refractivity contribution in [3.05, 3.63) is 22.2 Å². The second-order valence-corrected chi connectivity index (χ2v) is 7.18. The van der Waals surface area contributed by atoms with Crippen molar-refractivity contribution in [2.24, 2.45) is 5.92 Å². The number of rotatable bonds is 6. The molecule has 1 atom stereocenters. The highest BCUT2D eigenvalue weighted by atomic mass is 79.9. The van der Waals surface area contributed by atoms with Crippen LogP contribution in [0.3, 0.4) is 0 Å². The zero-order valence-electron chi connectivity index (χ0n) is 14.5. The summed E-state index contributed by atoms with van der Waals surface area (Å²) < 4.78 is 6.02. The molecule has 0 unspecified atom stereocenters. The number of aromatic hydroxyl groups is 1. The lowest BCUT2D eigenvalue weighted by Gasteiger charge is -2.36. The Kier molecular flexibility index (Phi) is 11.3. The topological polar surface area (TPSA) is 44.7 Å². The van der Waals surface area contributed by atoms with Crippen LogP contribution in [0.5, 0.6) is 11.5 Å². The second kappa shape index (κ2) is 11.4. The number of phenolic OH excluding ortho intramolecular Hbond substituents is 1. The molecule has 0 saturated carbocycles. The summed E-state index contributed by atoms with van der Waals surface area (Å²) in [5, 5.41) is 13.5. The summed E-state index contributed by atoms with van der Waals surface area (Å²) >= 11 is 3.45. The van der Waals surface area contributed by atoms with Crippen LogP contribution in [0.25, 0.3) is 0 Å². The molecular formula is C17H29BrCl2N2O2. The van der Waals surface area contributed by atoms with Gasteiger partial charge in [-0.1, -0.05) is 13.8 Å². The van der Waals surface area contributed by atoms with E-state index in [9.17, 15) is 5.11 Å². The van der Waals surface area contributed by atoms with E-state index in [0.717, 1.165) is 32.6 Å². The van der Waals surface area contributed by atoms with Gasteiger partial charge in [0, 0.05) is 32.2 Å². The van der Waals surface area contributed by atoms with Crippen molar-refractivity contribution in [2.75, 3.05) is 33.3 Å². The van der Waals surface area contributed by atoms with Gasteiger partial charge in [-0.3, -0.25) is 4.90 Å². The minimum absolute atomic E-state index is 0. The zero-order valence-corrected chi connectivity index (χ0v) is 17.8. The van der Waals surface area contributed by atoms with Gasteiger partial charge in [0.1, 0.15) is 0 Å². The Bertz CT molecular complexity index is 498. The van der Waals surface area contributed by atoms with Crippen LogP contribution in [-0.4, -0.2) is 43.3 Å². The lowest BCUT2D eigenvalue weighted by Crippen LogP contribution is -2.45. The molecule has 1 fully saturated rings. The second-order valence-electron chi connectivity index (χ2n) is 6.33. The van der Waals surface area contributed by atoms with Gasteiger partial charge in [-0.15, -0.1) is 24.8 Å². The van der Waals surface area contributed by atoms with Crippen LogP contribution in [0.15, 0.2) is 16.6 Å². The number of nitrogens with zero attached hydrogens (tertiary/aromatic N) is 1. The van der Waals surface area contributed by atoms with E-state index >= 15 is 0 Å². The number of halogens is 3. The molecule has 2 N–H and O–H groups in total. The van der Waals surface area contributed by atoms with Crippen molar-refractivity contribution in [1.82, 2.24) is 10.2 Å². The van der Waals surface area contributed by atoms with Crippen LogP contribution in [-0.2, 0) is 0 Å². The quantitative estimate of drug-likeness (QED) is 0.684. The summed E-state index contributed by atoms with van der Waals surface area (Å²) in [5.74, 6) is 1.40. The third-order valence-electron chi connectivity index (χ3n) is 4.27. The minimum Gasteiger partial charge on any atom is -0.503 e. The molecule has 1 aromatic rings. The monoisotopic (exact) mass is 442 g/mol. The number of phenols is 1. The average molecular weight is 444 g/mol. The summed E-state index contributed by atoms with van der Waals surface area (Å²) in [6.07, 6.45) is 2.31. The molecule has 2 rings (SSSR count). The molecule has 1 aliphatic rings. The predicted molar refractivity (Wildman–Crippen MR) is 108 cm³/mol. The van der Waals surface area contributed by atoms with Crippen LogP contribution >= 0.6 is 40.7 Å². The fraction of sp³-hybridized carbons (Fsp3) is 0.647. The van der Waals surface area contributed by atoms with Crippen molar-refractivity contribution >= 4 is 40.7 Å². The van der Waals surface area contributed by atoms with E-state index in [1.165, 1.54) is 12.0 Å². The maximum atomic E-state index is 10.0. The third-order valence-corrected chi connectivity index (χ3v) is 4.87. The molecule has 0 spiro atoms. The van der Waals surface area contributed by atoms with E-state index in [0.29, 0.717) is 22.2 Å². The highest BCUT2D eigenvalue weighted by Crippen LogP contribution is 2.39. The van der Waals surface area contributed by atoms with Crippen LogP contribution in [0.4, 0.5) is 0 Å². The average Bonchev–Trinajstić information content (AvgIpc) is 2.51. The van der Waals surface area contributed by atoms with Crippen LogP contribution < -0.4 is 10.1 Å². The highest BCUT2D eigenvalue weighted by molar-refractivity contribution is 9.10. The Labute approximate surface area is 166 Å². The fourth-order valence-corrected chi connectivity index (χ4v) is 3.45. The Morgan fingerprint density at radius 1 is 1.21 bits per heavy atom. The standard InChI is InChI=1S/C17H27BrN2O2.2ClH/c1-12(2)4-5-15(20-8-6-19-7-9-20)13-10-14(18)17(21)16(11-13)22-3;;/h10-12,15,19,21H,4-9H2,1-3H3;2*1H/t15-;;/m1../s1. The van der Waals surface area contributed by atoms with Gasteiger partial charge in [-0.25, -0.2) is 0 Å². The summed E-state index contributed by atoms with van der Waals surface area (Å²) in [4.78, 5) is 2.54. The summed E-state index contributed by atoms with van der Waals surface area (Å²) in [6.45, 7) is 8.72. The first-order valence-electron chi connectivity index (χ1n) is 8.04. The normalized spacial score (nSPS) is 16.2. The lowest BCUT2D eigenvalue weighted by molar-refractivity contribution is 0.159. The number of ether oxygens (including phenoxy) is 1. The fourth-order valence-electron chi connectivity index (χ4n) is 2.99. The van der Waals surface area contributed by atoms with Crippen LogP contribution in [0, 0.1) is 5.92 Å². The number of piperazine rings is 1. The first-order valence-corrected chi connectivity index (χ1v) is 8.83. The molecule has 24 heavy (non-hydrogen) atoms. The first kappa shape index (κ1) is 23.8. The van der Waals surface area contributed by atoms with Crippen molar-refractivity contribution in [1.29, 1.82) is 0 Å². The maximum Gasteiger partial charge on any atom is 0.172 e. The summed E-state index contributed by atoms with van der Waals surface area (Å²) in [6, 6.07) is 4.38. The Balaban J connectivity index is 0.00000264. The van der Waals surface area contributed by atoms with Crippen molar-refractivity contribution in [2.45, 2.75) is 32.7 Å². The number of benzene rings is 1. The van der Waals surface area contributed by atoms with Gasteiger partial charge in [0.2, 0.25) is 0 Å². The molecule has 0 aliphatic carbocycles. The van der Waals surface area contributed by atoms with Gasteiger partial charge in [-0.05, 0) is 52.4 Å². The summed E-state index contributed by atoms with van der Waals surface area (Å²) in [7, 11) is 1.60.